The van der Waals surface area contributed by atoms with E-state index in [4.69, 9.17) is 24.5 Å². The molecular formula is C25H34N6O5. The molecule has 0 aliphatic carbocycles. The number of nitrogens with zero attached hydrogens (tertiary/aromatic N) is 4. The van der Waals surface area contributed by atoms with Crippen LogP contribution in [-0.2, 0) is 22.6 Å². The molecule has 11 heteroatoms. The molecule has 1 aromatic heterocycles. The van der Waals surface area contributed by atoms with Gasteiger partial charge in [0.2, 0.25) is 5.95 Å². The van der Waals surface area contributed by atoms with Crippen molar-refractivity contribution in [3.8, 4) is 11.3 Å². The number of benzene rings is 1. The van der Waals surface area contributed by atoms with Gasteiger partial charge in [-0.15, -0.1) is 0 Å². The van der Waals surface area contributed by atoms with Gasteiger partial charge in [-0.3, -0.25) is 4.90 Å². The molecule has 3 amide bonds. The smallest absolute Gasteiger partial charge is 0.410 e. The van der Waals surface area contributed by atoms with Crippen molar-refractivity contribution in [3.63, 3.8) is 0 Å². The molecule has 0 spiro atoms. The van der Waals surface area contributed by atoms with Crippen LogP contribution in [0.15, 0.2) is 24.3 Å². The lowest BCUT2D eigenvalue weighted by Crippen LogP contribution is -2.44. The van der Waals surface area contributed by atoms with Crippen LogP contribution in [0.1, 0.15) is 39.0 Å². The molecule has 3 N–H and O–H groups in total. The highest BCUT2D eigenvalue weighted by molar-refractivity contribution is 5.89. The number of hydrogen-bond donors (Lipinski definition) is 3. The highest BCUT2D eigenvalue weighted by Crippen LogP contribution is 2.34. The number of urea groups is 1. The van der Waals surface area contributed by atoms with Gasteiger partial charge in [0.15, 0.2) is 0 Å². The van der Waals surface area contributed by atoms with Gasteiger partial charge < -0.3 is 30.1 Å². The number of carbonyl (C=O) groups is 2. The third-order valence-corrected chi connectivity index (χ3v) is 5.86. The molecule has 1 atom stereocenters. The standard InChI is InChI=1S/C25H34N6O5/c1-16-15-35-12-10-31(16)22-28-20-14-30(24(34)36-25(2,3)4)13-19(20)21(29-22)17-5-7-18(8-6-17)27-23(33)26-9-11-32/h5-8,16,32H,9-15H2,1-4H3,(H2,26,27,33). The molecule has 3 heterocycles. The first kappa shape index (κ1) is 25.6. The minimum atomic E-state index is -0.596. The Balaban J connectivity index is 1.64. The number of hydrogen-bond acceptors (Lipinski definition) is 8. The number of anilines is 2. The summed E-state index contributed by atoms with van der Waals surface area (Å²) in [6.45, 7) is 10.2. The molecule has 36 heavy (non-hydrogen) atoms. The van der Waals surface area contributed by atoms with Crippen molar-refractivity contribution in [2.75, 3.05) is 43.1 Å². The highest BCUT2D eigenvalue weighted by atomic mass is 16.6. The van der Waals surface area contributed by atoms with Gasteiger partial charge >= 0.3 is 12.1 Å². The predicted molar refractivity (Wildman–Crippen MR) is 135 cm³/mol. The van der Waals surface area contributed by atoms with Gasteiger partial charge in [0.25, 0.3) is 0 Å². The highest BCUT2D eigenvalue weighted by Gasteiger charge is 2.33. The predicted octanol–water partition coefficient (Wildman–Crippen LogP) is 2.73. The largest absolute Gasteiger partial charge is 0.444 e. The van der Waals surface area contributed by atoms with Crippen molar-refractivity contribution >= 4 is 23.8 Å². The van der Waals surface area contributed by atoms with Crippen LogP contribution in [0.3, 0.4) is 0 Å². The zero-order valence-electron chi connectivity index (χ0n) is 21.2. The van der Waals surface area contributed by atoms with E-state index in [9.17, 15) is 9.59 Å². The SMILES string of the molecule is CC1COCCN1c1nc2c(c(-c3ccc(NC(=O)NCCO)cc3)n1)CN(C(=O)OC(C)(C)C)C2. The first-order valence-electron chi connectivity index (χ1n) is 12.1. The normalized spacial score (nSPS) is 17.5. The average Bonchev–Trinajstić information content (AvgIpc) is 3.26. The molecule has 2 aliphatic rings. The molecule has 2 aliphatic heterocycles. The summed E-state index contributed by atoms with van der Waals surface area (Å²) in [5.41, 5.74) is 3.29. The van der Waals surface area contributed by atoms with Crippen LogP contribution in [0.5, 0.6) is 0 Å². The zero-order chi connectivity index (χ0) is 25.9. The van der Waals surface area contributed by atoms with Gasteiger partial charge in [-0.25, -0.2) is 19.6 Å². The Morgan fingerprint density at radius 2 is 1.94 bits per heavy atom. The number of amides is 3. The maximum Gasteiger partial charge on any atom is 0.410 e. The molecule has 1 aromatic carbocycles. The summed E-state index contributed by atoms with van der Waals surface area (Å²) in [5.74, 6) is 0.608. The van der Waals surface area contributed by atoms with Gasteiger partial charge in [0.05, 0.1) is 50.3 Å². The molecule has 1 unspecified atom stereocenters. The monoisotopic (exact) mass is 498 g/mol. The number of rotatable bonds is 5. The Kier molecular flexibility index (Phi) is 7.60. The van der Waals surface area contributed by atoms with E-state index in [-0.39, 0.29) is 25.3 Å². The summed E-state index contributed by atoms with van der Waals surface area (Å²) in [7, 11) is 0. The summed E-state index contributed by atoms with van der Waals surface area (Å²) in [4.78, 5) is 38.3. The van der Waals surface area contributed by atoms with Crippen LogP contribution in [0, 0.1) is 0 Å². The lowest BCUT2D eigenvalue weighted by atomic mass is 10.1. The van der Waals surface area contributed by atoms with Crippen LogP contribution in [-0.4, -0.2) is 76.7 Å². The van der Waals surface area contributed by atoms with Crippen molar-refractivity contribution in [1.29, 1.82) is 0 Å². The van der Waals surface area contributed by atoms with Crippen LogP contribution in [0.4, 0.5) is 21.2 Å². The fourth-order valence-corrected chi connectivity index (χ4v) is 4.15. The summed E-state index contributed by atoms with van der Waals surface area (Å²) >= 11 is 0. The summed E-state index contributed by atoms with van der Waals surface area (Å²) in [6, 6.07) is 7.08. The fourth-order valence-electron chi connectivity index (χ4n) is 4.15. The van der Waals surface area contributed by atoms with E-state index in [1.807, 2.05) is 32.9 Å². The summed E-state index contributed by atoms with van der Waals surface area (Å²) < 4.78 is 11.2. The molecule has 4 rings (SSSR count). The van der Waals surface area contributed by atoms with E-state index in [0.29, 0.717) is 44.5 Å². The molecule has 194 valence electrons. The molecular weight excluding hydrogens is 464 g/mol. The molecule has 0 saturated carbocycles. The van der Waals surface area contributed by atoms with Gasteiger partial charge in [-0.1, -0.05) is 12.1 Å². The second-order valence-electron chi connectivity index (χ2n) is 9.93. The second-order valence-corrected chi connectivity index (χ2v) is 9.93. The molecule has 11 nitrogen and oxygen atoms in total. The van der Waals surface area contributed by atoms with Gasteiger partial charge in [0, 0.05) is 29.9 Å². The number of fused-ring (bicyclic) bond motifs is 1. The van der Waals surface area contributed by atoms with E-state index in [2.05, 4.69) is 22.5 Å². The Labute approximate surface area is 210 Å². The number of aliphatic hydroxyl groups is 1. The molecule has 1 saturated heterocycles. The molecule has 0 radical (unpaired) electrons. The summed E-state index contributed by atoms with van der Waals surface area (Å²) in [6.07, 6.45) is -0.388. The van der Waals surface area contributed by atoms with Crippen LogP contribution >= 0.6 is 0 Å². The Bertz CT molecular complexity index is 1100. The van der Waals surface area contributed by atoms with E-state index < -0.39 is 11.6 Å². The Morgan fingerprint density at radius 3 is 2.61 bits per heavy atom. The maximum absolute atomic E-state index is 12.8. The van der Waals surface area contributed by atoms with E-state index >= 15 is 0 Å². The first-order chi connectivity index (χ1) is 17.1. The topological polar surface area (TPSA) is 129 Å². The van der Waals surface area contributed by atoms with Crippen molar-refractivity contribution in [3.05, 3.63) is 35.5 Å². The van der Waals surface area contributed by atoms with Gasteiger partial charge in [-0.05, 0) is 39.8 Å². The van der Waals surface area contributed by atoms with Crippen LogP contribution in [0.2, 0.25) is 0 Å². The average molecular weight is 499 g/mol. The van der Waals surface area contributed by atoms with Crippen molar-refractivity contribution in [2.45, 2.75) is 52.4 Å². The minimum absolute atomic E-state index is 0.122. The van der Waals surface area contributed by atoms with Crippen molar-refractivity contribution in [1.82, 2.24) is 20.2 Å². The molecule has 1 fully saturated rings. The van der Waals surface area contributed by atoms with Gasteiger partial charge in [-0.2, -0.15) is 0 Å². The molecule has 0 bridgehead atoms. The molecule has 2 aromatic rings. The number of morpholine rings is 1. The van der Waals surface area contributed by atoms with Crippen LogP contribution < -0.4 is 15.5 Å². The van der Waals surface area contributed by atoms with E-state index in [0.717, 1.165) is 22.5 Å². The van der Waals surface area contributed by atoms with Gasteiger partial charge in [0.1, 0.15) is 5.60 Å². The minimum Gasteiger partial charge on any atom is -0.444 e. The summed E-state index contributed by atoms with van der Waals surface area (Å²) in [5, 5.41) is 14.2. The van der Waals surface area contributed by atoms with Crippen LogP contribution in [0.25, 0.3) is 11.3 Å². The third kappa shape index (κ3) is 6.03. The lowest BCUT2D eigenvalue weighted by molar-refractivity contribution is 0.0241. The number of carbonyl (C=O) groups excluding carboxylic acids is 2. The second kappa shape index (κ2) is 10.7. The van der Waals surface area contributed by atoms with E-state index in [1.165, 1.54) is 0 Å². The Morgan fingerprint density at radius 1 is 1.19 bits per heavy atom. The zero-order valence-corrected chi connectivity index (χ0v) is 21.2. The number of aliphatic hydroxyl groups excluding tert-OH is 1. The maximum atomic E-state index is 12.8. The number of aromatic nitrogens is 2. The fraction of sp³-hybridized carbons (Fsp3) is 0.520. The third-order valence-electron chi connectivity index (χ3n) is 5.86. The van der Waals surface area contributed by atoms with E-state index in [1.54, 1.807) is 17.0 Å². The van der Waals surface area contributed by atoms with Crippen molar-refractivity contribution in [2.24, 2.45) is 0 Å². The van der Waals surface area contributed by atoms with Crippen molar-refractivity contribution < 1.29 is 24.2 Å². The number of ether oxygens (including phenoxy) is 2. The quantitative estimate of drug-likeness (QED) is 0.574. The first-order valence-corrected chi connectivity index (χ1v) is 12.1. The number of nitrogens with one attached hydrogen (secondary N) is 2. The Hall–Kier alpha value is -3.44. The lowest BCUT2D eigenvalue weighted by Gasteiger charge is -2.33.